The summed E-state index contributed by atoms with van der Waals surface area (Å²) in [4.78, 5) is 23.3. The molecular weight excluding hydrogens is 326 g/mol. The fourth-order valence-corrected chi connectivity index (χ4v) is 2.17. The molecule has 0 radical (unpaired) electrons. The van der Waals surface area contributed by atoms with Gasteiger partial charge in [-0.1, -0.05) is 6.07 Å². The first-order valence-electron chi connectivity index (χ1n) is 8.12. The number of nitrogens with one attached hydrogen (secondary N) is 1. The highest BCUT2D eigenvalue weighted by molar-refractivity contribution is 5.80. The summed E-state index contributed by atoms with van der Waals surface area (Å²) in [6.07, 6.45) is -0.638. The molecule has 1 atom stereocenters. The van der Waals surface area contributed by atoms with Crippen molar-refractivity contribution in [2.45, 2.75) is 52.4 Å². The molecule has 7 nitrogen and oxygen atoms in total. The van der Waals surface area contributed by atoms with Gasteiger partial charge in [0.25, 0.3) is 0 Å². The van der Waals surface area contributed by atoms with E-state index in [9.17, 15) is 14.7 Å². The molecule has 1 aromatic carbocycles. The summed E-state index contributed by atoms with van der Waals surface area (Å²) in [6, 6.07) is 4.25. The molecule has 1 rings (SSSR count). The molecule has 2 N–H and O–H groups in total. The zero-order valence-corrected chi connectivity index (χ0v) is 15.4. The van der Waals surface area contributed by atoms with Crippen molar-refractivity contribution in [2.24, 2.45) is 0 Å². The second-order valence-corrected chi connectivity index (χ2v) is 6.52. The number of aliphatic carboxylic acids is 1. The quantitative estimate of drug-likeness (QED) is 0.746. The van der Waals surface area contributed by atoms with E-state index in [2.05, 4.69) is 5.32 Å². The van der Waals surface area contributed by atoms with Crippen LogP contribution < -0.4 is 10.1 Å². The number of carboxylic acid groups (broad SMARTS) is 1. The topological polar surface area (TPSA) is 94.1 Å². The Morgan fingerprint density at radius 1 is 1.28 bits per heavy atom. The van der Waals surface area contributed by atoms with Crippen molar-refractivity contribution < 1.29 is 28.9 Å². The third kappa shape index (κ3) is 7.43. The smallest absolute Gasteiger partial charge is 0.408 e. The Kier molecular flexibility index (Phi) is 7.70. The van der Waals surface area contributed by atoms with Crippen molar-refractivity contribution in [1.82, 2.24) is 5.32 Å². The molecule has 7 heteroatoms. The molecule has 0 bridgehead atoms. The van der Waals surface area contributed by atoms with Crippen molar-refractivity contribution >= 4 is 12.1 Å². The number of amides is 1. The van der Waals surface area contributed by atoms with Gasteiger partial charge in [0.1, 0.15) is 17.4 Å². The highest BCUT2D eigenvalue weighted by Gasteiger charge is 2.24. The van der Waals surface area contributed by atoms with E-state index in [1.807, 2.05) is 13.0 Å². The second kappa shape index (κ2) is 9.27. The number of hydrogen-bond acceptors (Lipinski definition) is 5. The standard InChI is InChI=1S/C18H27NO6/c1-6-24-11-13-9-12(7-8-15(13)23-5)10-14(16(20)21)19-17(22)25-18(2,3)4/h7-9,14H,6,10-11H2,1-5H3,(H,19,22)(H,20,21). The average molecular weight is 353 g/mol. The van der Waals surface area contributed by atoms with Crippen LogP contribution in [0, 0.1) is 0 Å². The van der Waals surface area contributed by atoms with Gasteiger partial charge in [-0.3, -0.25) is 0 Å². The minimum Gasteiger partial charge on any atom is -0.496 e. The van der Waals surface area contributed by atoms with Gasteiger partial charge >= 0.3 is 12.1 Å². The van der Waals surface area contributed by atoms with Crippen molar-refractivity contribution in [1.29, 1.82) is 0 Å². The molecular formula is C18H27NO6. The molecule has 25 heavy (non-hydrogen) atoms. The molecule has 0 heterocycles. The first kappa shape index (κ1) is 20.8. The van der Waals surface area contributed by atoms with Crippen LogP contribution in [-0.2, 0) is 27.3 Å². The molecule has 0 saturated carbocycles. The van der Waals surface area contributed by atoms with Gasteiger partial charge in [-0.2, -0.15) is 0 Å². The maximum Gasteiger partial charge on any atom is 0.408 e. The SMILES string of the molecule is CCOCc1cc(CC(NC(=O)OC(C)(C)C)C(=O)O)ccc1OC. The van der Waals surface area contributed by atoms with Crippen LogP contribution in [-0.4, -0.2) is 42.5 Å². The maximum absolute atomic E-state index is 11.8. The summed E-state index contributed by atoms with van der Waals surface area (Å²) in [5.74, 6) is -0.461. The average Bonchev–Trinajstić information content (AvgIpc) is 2.50. The van der Waals surface area contributed by atoms with Gasteiger partial charge in [0.2, 0.25) is 0 Å². The van der Waals surface area contributed by atoms with Gasteiger partial charge in [0.15, 0.2) is 0 Å². The lowest BCUT2D eigenvalue weighted by Gasteiger charge is -2.22. The van der Waals surface area contributed by atoms with E-state index >= 15 is 0 Å². The van der Waals surface area contributed by atoms with Gasteiger partial charge in [0.05, 0.1) is 13.7 Å². The monoisotopic (exact) mass is 353 g/mol. The summed E-state index contributed by atoms with van der Waals surface area (Å²) in [6.45, 7) is 7.96. The molecule has 0 aromatic heterocycles. The highest BCUT2D eigenvalue weighted by Crippen LogP contribution is 2.22. The molecule has 0 saturated heterocycles. The summed E-state index contributed by atoms with van der Waals surface area (Å²) >= 11 is 0. The number of benzene rings is 1. The van der Waals surface area contributed by atoms with E-state index in [1.54, 1.807) is 40.0 Å². The van der Waals surface area contributed by atoms with E-state index in [1.165, 1.54) is 0 Å². The number of methoxy groups -OCH3 is 1. The summed E-state index contributed by atoms with van der Waals surface area (Å²) in [5.41, 5.74) is 0.875. The Morgan fingerprint density at radius 3 is 2.48 bits per heavy atom. The van der Waals surface area contributed by atoms with Crippen molar-refractivity contribution in [3.63, 3.8) is 0 Å². The Bertz CT molecular complexity index is 594. The molecule has 0 aliphatic rings. The molecule has 0 aliphatic carbocycles. The lowest BCUT2D eigenvalue weighted by molar-refractivity contribution is -0.139. The van der Waals surface area contributed by atoms with E-state index in [0.717, 1.165) is 11.1 Å². The molecule has 1 aromatic rings. The van der Waals surface area contributed by atoms with E-state index < -0.39 is 23.7 Å². The largest absolute Gasteiger partial charge is 0.496 e. The molecule has 140 valence electrons. The van der Waals surface area contributed by atoms with E-state index in [-0.39, 0.29) is 6.42 Å². The van der Waals surface area contributed by atoms with Crippen LogP contribution in [0.25, 0.3) is 0 Å². The number of carbonyl (C=O) groups excluding carboxylic acids is 1. The van der Waals surface area contributed by atoms with Crippen molar-refractivity contribution in [2.75, 3.05) is 13.7 Å². The molecule has 0 fully saturated rings. The maximum atomic E-state index is 11.8. The van der Waals surface area contributed by atoms with E-state index in [0.29, 0.717) is 19.0 Å². The van der Waals surface area contributed by atoms with Crippen LogP contribution in [0.4, 0.5) is 4.79 Å². The van der Waals surface area contributed by atoms with E-state index in [4.69, 9.17) is 14.2 Å². The van der Waals surface area contributed by atoms with Crippen LogP contribution in [0.3, 0.4) is 0 Å². The fourth-order valence-electron chi connectivity index (χ4n) is 2.17. The molecule has 0 aliphatic heterocycles. The highest BCUT2D eigenvalue weighted by atomic mass is 16.6. The lowest BCUT2D eigenvalue weighted by Crippen LogP contribution is -2.44. The van der Waals surface area contributed by atoms with Crippen molar-refractivity contribution in [3.8, 4) is 5.75 Å². The second-order valence-electron chi connectivity index (χ2n) is 6.52. The number of rotatable bonds is 8. The lowest BCUT2D eigenvalue weighted by atomic mass is 10.0. The summed E-state index contributed by atoms with van der Waals surface area (Å²) in [5, 5.41) is 11.8. The predicted molar refractivity (Wildman–Crippen MR) is 92.8 cm³/mol. The summed E-state index contributed by atoms with van der Waals surface area (Å²) in [7, 11) is 1.56. The third-order valence-corrected chi connectivity index (χ3v) is 3.24. The Balaban J connectivity index is 2.87. The van der Waals surface area contributed by atoms with Crippen molar-refractivity contribution in [3.05, 3.63) is 29.3 Å². The Morgan fingerprint density at radius 2 is 1.96 bits per heavy atom. The minimum atomic E-state index is -1.13. The number of carbonyl (C=O) groups is 2. The normalized spacial score (nSPS) is 12.4. The van der Waals surface area contributed by atoms with Crippen LogP contribution in [0.15, 0.2) is 18.2 Å². The zero-order chi connectivity index (χ0) is 19.0. The molecule has 1 unspecified atom stereocenters. The predicted octanol–water partition coefficient (Wildman–Crippen LogP) is 2.75. The first-order valence-corrected chi connectivity index (χ1v) is 8.12. The summed E-state index contributed by atoms with van der Waals surface area (Å²) < 4.78 is 15.8. The third-order valence-electron chi connectivity index (χ3n) is 3.24. The van der Waals surface area contributed by atoms with Gasteiger partial charge in [-0.05, 0) is 45.4 Å². The zero-order valence-electron chi connectivity index (χ0n) is 15.4. The number of hydrogen-bond donors (Lipinski definition) is 2. The molecule has 0 spiro atoms. The van der Waals surface area contributed by atoms with Gasteiger partial charge in [-0.25, -0.2) is 9.59 Å². The Hall–Kier alpha value is -2.28. The van der Waals surface area contributed by atoms with Gasteiger partial charge in [0, 0.05) is 18.6 Å². The minimum absolute atomic E-state index is 0.123. The first-order chi connectivity index (χ1) is 11.7. The van der Waals surface area contributed by atoms with Crippen LogP contribution in [0.1, 0.15) is 38.8 Å². The van der Waals surface area contributed by atoms with Gasteiger partial charge < -0.3 is 24.6 Å². The van der Waals surface area contributed by atoms with Gasteiger partial charge in [-0.15, -0.1) is 0 Å². The van der Waals surface area contributed by atoms with Crippen LogP contribution in [0.2, 0.25) is 0 Å². The van der Waals surface area contributed by atoms with Crippen LogP contribution in [0.5, 0.6) is 5.75 Å². The van der Waals surface area contributed by atoms with Crippen LogP contribution >= 0.6 is 0 Å². The molecule has 1 amide bonds. The number of alkyl carbamates (subject to hydrolysis) is 1. The fraction of sp³-hybridized carbons (Fsp3) is 0.556. The number of carboxylic acids is 1. The number of ether oxygens (including phenoxy) is 3. The Labute approximate surface area is 148 Å².